The van der Waals surface area contributed by atoms with Gasteiger partial charge in [0.1, 0.15) is 11.4 Å². The van der Waals surface area contributed by atoms with Gasteiger partial charge in [-0.15, -0.1) is 0 Å². The molecule has 2 heterocycles. The van der Waals surface area contributed by atoms with Crippen LogP contribution in [0.3, 0.4) is 0 Å². The quantitative estimate of drug-likeness (QED) is 0.426. The number of benzene rings is 3. The number of nitrogens with zero attached hydrogens (tertiary/aromatic N) is 3. The van der Waals surface area contributed by atoms with Crippen molar-refractivity contribution in [3.05, 3.63) is 117 Å². The molecular weight excluding hydrogens is 394 g/mol. The fraction of sp³-hybridized carbons (Fsp3) is 0.0417. The van der Waals surface area contributed by atoms with Crippen LogP contribution in [0.25, 0.3) is 16.6 Å². The maximum Gasteiger partial charge on any atom is 0.357 e. The van der Waals surface area contributed by atoms with Gasteiger partial charge in [-0.2, -0.15) is 9.03 Å². The third-order valence-electron chi connectivity index (χ3n) is 5.21. The molecule has 152 valence electrons. The zero-order valence-electron chi connectivity index (χ0n) is 16.6. The van der Waals surface area contributed by atoms with E-state index in [4.69, 9.17) is 4.74 Å². The molecule has 0 saturated heterocycles. The van der Waals surface area contributed by atoms with Crippen LogP contribution in [0.5, 0.6) is 5.75 Å². The Hall–Kier alpha value is -4.39. The molecule has 0 aliphatic carbocycles. The third-order valence-corrected chi connectivity index (χ3v) is 5.21. The fourth-order valence-corrected chi connectivity index (χ4v) is 3.73. The first-order valence-electron chi connectivity index (χ1n) is 9.63. The van der Waals surface area contributed by atoms with Gasteiger partial charge in [-0.25, -0.2) is 14.2 Å². The Morgan fingerprint density at radius 2 is 1.42 bits per heavy atom. The van der Waals surface area contributed by atoms with E-state index in [1.807, 2.05) is 6.07 Å². The second-order valence-corrected chi connectivity index (χ2v) is 7.01. The van der Waals surface area contributed by atoms with Crippen LogP contribution in [-0.2, 0) is 0 Å². The first-order valence-corrected chi connectivity index (χ1v) is 9.63. The summed E-state index contributed by atoms with van der Waals surface area (Å²) in [6.45, 7) is 0. The van der Waals surface area contributed by atoms with E-state index in [1.165, 1.54) is 11.6 Å². The van der Waals surface area contributed by atoms with Crippen LogP contribution in [0.4, 0.5) is 0 Å². The highest BCUT2D eigenvalue weighted by atomic mass is 16.5. The van der Waals surface area contributed by atoms with Crippen molar-refractivity contribution in [2.24, 2.45) is 0 Å². The maximum absolute atomic E-state index is 13.4. The van der Waals surface area contributed by atoms with E-state index in [9.17, 15) is 14.4 Å². The number of methoxy groups -OCH3 is 1. The molecule has 7 nitrogen and oxygen atoms in total. The van der Waals surface area contributed by atoms with Crippen LogP contribution in [0.2, 0.25) is 0 Å². The summed E-state index contributed by atoms with van der Waals surface area (Å²) in [6, 6.07) is 24.1. The fourth-order valence-electron chi connectivity index (χ4n) is 3.73. The molecule has 7 heteroatoms. The van der Waals surface area contributed by atoms with Crippen molar-refractivity contribution in [3.8, 4) is 11.4 Å². The molecule has 0 amide bonds. The average molecular weight is 411 g/mol. The van der Waals surface area contributed by atoms with Crippen LogP contribution in [-0.4, -0.2) is 26.5 Å². The van der Waals surface area contributed by atoms with Crippen LogP contribution < -0.4 is 16.1 Å². The van der Waals surface area contributed by atoms with Crippen LogP contribution in [0, 0.1) is 0 Å². The number of ketones is 1. The Labute approximate surface area is 176 Å². The van der Waals surface area contributed by atoms with Gasteiger partial charge in [0.2, 0.25) is 5.78 Å². The van der Waals surface area contributed by atoms with Gasteiger partial charge < -0.3 is 4.74 Å². The highest BCUT2D eigenvalue weighted by Crippen LogP contribution is 2.22. The molecule has 5 aromatic rings. The van der Waals surface area contributed by atoms with Crippen molar-refractivity contribution in [2.75, 3.05) is 7.11 Å². The van der Waals surface area contributed by atoms with E-state index < -0.39 is 11.4 Å². The van der Waals surface area contributed by atoms with Gasteiger partial charge in [-0.3, -0.25) is 4.79 Å². The van der Waals surface area contributed by atoms with Gasteiger partial charge in [-0.05, 0) is 30.3 Å². The molecular formula is C24H17N3O4. The molecule has 0 aliphatic rings. The predicted octanol–water partition coefficient (Wildman–Crippen LogP) is 2.94. The number of rotatable bonds is 4. The summed E-state index contributed by atoms with van der Waals surface area (Å²) in [5, 5.41) is 0.632. The van der Waals surface area contributed by atoms with Gasteiger partial charge in [-0.1, -0.05) is 48.5 Å². The minimum absolute atomic E-state index is 0.0978. The summed E-state index contributed by atoms with van der Waals surface area (Å²) in [5.41, 5.74) is 0.200. The van der Waals surface area contributed by atoms with Crippen LogP contribution >= 0.6 is 0 Å². The summed E-state index contributed by atoms with van der Waals surface area (Å²) in [7, 11) is 1.52. The van der Waals surface area contributed by atoms with Gasteiger partial charge in [0.15, 0.2) is 0 Å². The number of aromatic nitrogens is 3. The van der Waals surface area contributed by atoms with E-state index in [2.05, 4.69) is 0 Å². The zero-order chi connectivity index (χ0) is 21.5. The highest BCUT2D eigenvalue weighted by molar-refractivity contribution is 6.09. The van der Waals surface area contributed by atoms with Gasteiger partial charge in [0, 0.05) is 17.0 Å². The number of fused-ring (bicyclic) bond motifs is 3. The second kappa shape index (κ2) is 7.14. The second-order valence-electron chi connectivity index (χ2n) is 7.01. The molecule has 0 atom stereocenters. The molecule has 0 bridgehead atoms. The van der Waals surface area contributed by atoms with Crippen molar-refractivity contribution in [1.82, 2.24) is 13.6 Å². The van der Waals surface area contributed by atoms with Crippen molar-refractivity contribution in [3.63, 3.8) is 0 Å². The standard InChI is InChI=1S/C24H17N3O4/c1-31-19-13-12-17-14-21(22(28)16-8-4-2-5-9-16)27-24(30)25(18-10-6-3-7-11-18)23(29)26(27)20(17)15-19/h2-15H,1H3. The summed E-state index contributed by atoms with van der Waals surface area (Å²) in [5.74, 6) is 0.173. The highest BCUT2D eigenvalue weighted by Gasteiger charge is 2.22. The van der Waals surface area contributed by atoms with Crippen molar-refractivity contribution in [1.29, 1.82) is 0 Å². The number of ether oxygens (including phenoxy) is 1. The first-order chi connectivity index (χ1) is 15.1. The lowest BCUT2D eigenvalue weighted by Crippen LogP contribution is -2.26. The third kappa shape index (κ3) is 2.86. The van der Waals surface area contributed by atoms with Crippen molar-refractivity contribution < 1.29 is 9.53 Å². The Bertz CT molecular complexity index is 1560. The predicted molar refractivity (Wildman–Crippen MR) is 117 cm³/mol. The average Bonchev–Trinajstić information content (AvgIpc) is 3.09. The molecule has 0 fully saturated rings. The van der Waals surface area contributed by atoms with Gasteiger partial charge in [0.25, 0.3) is 0 Å². The monoisotopic (exact) mass is 411 g/mol. The molecule has 0 aliphatic heterocycles. The minimum atomic E-state index is -0.625. The number of carbonyl (C=O) groups excluding carboxylic acids is 1. The Morgan fingerprint density at radius 1 is 0.774 bits per heavy atom. The summed E-state index contributed by atoms with van der Waals surface area (Å²) < 4.78 is 8.72. The molecule has 3 aromatic carbocycles. The smallest absolute Gasteiger partial charge is 0.357 e. The Kier molecular flexibility index (Phi) is 4.29. The molecule has 0 unspecified atom stereocenters. The van der Waals surface area contributed by atoms with Crippen molar-refractivity contribution in [2.45, 2.75) is 0 Å². The Morgan fingerprint density at radius 3 is 2.10 bits per heavy atom. The molecule has 5 rings (SSSR count). The SMILES string of the molecule is COc1ccc2cc(C(=O)c3ccccc3)n3c(=O)n(-c4ccccc4)c(=O)n3c2c1. The van der Waals surface area contributed by atoms with E-state index >= 15 is 0 Å². The molecule has 2 aromatic heterocycles. The lowest BCUT2D eigenvalue weighted by Gasteiger charge is -2.10. The summed E-state index contributed by atoms with van der Waals surface area (Å²) in [4.78, 5) is 40.2. The lowest BCUT2D eigenvalue weighted by molar-refractivity contribution is 0.103. The maximum atomic E-state index is 13.4. The van der Waals surface area contributed by atoms with Gasteiger partial charge >= 0.3 is 11.4 Å². The van der Waals surface area contributed by atoms with E-state index in [0.717, 1.165) is 9.08 Å². The van der Waals surface area contributed by atoms with Crippen LogP contribution in [0.1, 0.15) is 16.1 Å². The van der Waals surface area contributed by atoms with Crippen molar-refractivity contribution >= 4 is 16.7 Å². The minimum Gasteiger partial charge on any atom is -0.497 e. The number of carbonyl (C=O) groups is 1. The van der Waals surface area contributed by atoms with E-state index in [-0.39, 0.29) is 11.5 Å². The van der Waals surface area contributed by atoms with Gasteiger partial charge in [0.05, 0.1) is 18.3 Å². The molecule has 0 saturated carbocycles. The zero-order valence-corrected chi connectivity index (χ0v) is 16.6. The number of para-hydroxylation sites is 1. The lowest BCUT2D eigenvalue weighted by atomic mass is 10.1. The molecule has 31 heavy (non-hydrogen) atoms. The normalized spacial score (nSPS) is 11.1. The molecule has 0 radical (unpaired) electrons. The number of hydrogen-bond acceptors (Lipinski definition) is 4. The summed E-state index contributed by atoms with van der Waals surface area (Å²) in [6.07, 6.45) is 0. The first kappa shape index (κ1) is 18.6. The number of hydrogen-bond donors (Lipinski definition) is 0. The molecule has 0 N–H and O–H groups in total. The van der Waals surface area contributed by atoms with E-state index in [1.54, 1.807) is 78.9 Å². The summed E-state index contributed by atoms with van der Waals surface area (Å²) >= 11 is 0. The topological polar surface area (TPSA) is 74.2 Å². The largest absolute Gasteiger partial charge is 0.497 e. The van der Waals surface area contributed by atoms with Crippen LogP contribution in [0.15, 0.2) is 94.5 Å². The van der Waals surface area contributed by atoms with E-state index in [0.29, 0.717) is 27.9 Å². The Balaban J connectivity index is 1.95. The molecule has 0 spiro atoms.